The van der Waals surface area contributed by atoms with E-state index in [1.807, 2.05) is 0 Å². The number of hydrogen-bond acceptors (Lipinski definition) is 8. The zero-order valence-corrected chi connectivity index (χ0v) is 22.4. The summed E-state index contributed by atoms with van der Waals surface area (Å²) < 4.78 is 10.9. The zero-order chi connectivity index (χ0) is 29.2. The number of nitrogens with two attached hydrogens (primary N) is 1. The molecule has 3 rings (SSSR count). The second kappa shape index (κ2) is 13.6. The monoisotopic (exact) mass is 549 g/mol. The minimum absolute atomic E-state index is 0.0275. The Bertz CT molecular complexity index is 1420. The van der Waals surface area contributed by atoms with Gasteiger partial charge in [-0.05, 0) is 48.4 Å². The van der Waals surface area contributed by atoms with Crippen molar-refractivity contribution in [3.8, 4) is 0 Å². The van der Waals surface area contributed by atoms with Crippen molar-refractivity contribution < 1.29 is 33.4 Å². The molecular weight excluding hydrogens is 518 g/mol. The van der Waals surface area contributed by atoms with E-state index >= 15 is 0 Å². The van der Waals surface area contributed by atoms with E-state index in [0.29, 0.717) is 28.2 Å². The van der Waals surface area contributed by atoms with E-state index in [0.717, 1.165) is 0 Å². The highest BCUT2D eigenvalue weighted by atomic mass is 16.5. The Morgan fingerprint density at radius 2 is 1.62 bits per heavy atom. The molecule has 210 valence electrons. The van der Waals surface area contributed by atoms with E-state index in [4.69, 9.17) is 10.5 Å². The third kappa shape index (κ3) is 8.18. The van der Waals surface area contributed by atoms with Crippen molar-refractivity contribution in [3.05, 3.63) is 77.6 Å². The number of rotatable bonds is 11. The molecule has 0 saturated carbocycles. The molecule has 1 heterocycles. The first-order valence-corrected chi connectivity index (χ1v) is 12.3. The molecule has 0 radical (unpaired) electrons. The predicted octanol–water partition coefficient (Wildman–Crippen LogP) is 2.27. The van der Waals surface area contributed by atoms with Crippen molar-refractivity contribution in [2.24, 2.45) is 7.05 Å². The Hall–Kier alpha value is -5.13. The first-order valence-electron chi connectivity index (χ1n) is 12.3. The van der Waals surface area contributed by atoms with E-state index < -0.39 is 29.8 Å². The summed E-state index contributed by atoms with van der Waals surface area (Å²) in [6.45, 7) is 0. The summed E-state index contributed by atoms with van der Waals surface area (Å²) in [6, 6.07) is 13.7. The van der Waals surface area contributed by atoms with Crippen molar-refractivity contribution in [1.82, 2.24) is 9.88 Å². The number of methoxy groups -OCH3 is 2. The molecule has 0 fully saturated rings. The third-order valence-corrected chi connectivity index (χ3v) is 5.88. The highest BCUT2D eigenvalue weighted by Gasteiger charge is 2.23. The fourth-order valence-corrected chi connectivity index (χ4v) is 3.88. The quantitative estimate of drug-likeness (QED) is 0.208. The van der Waals surface area contributed by atoms with Gasteiger partial charge in [-0.3, -0.25) is 19.2 Å². The van der Waals surface area contributed by atoms with E-state index in [1.165, 1.54) is 20.3 Å². The normalized spacial score (nSPS) is 11.2. The molecular formula is C28H31N5O7. The van der Waals surface area contributed by atoms with Crippen LogP contribution in [0.3, 0.4) is 0 Å². The smallest absolute Gasteiger partial charge is 0.328 e. The van der Waals surface area contributed by atoms with E-state index in [1.54, 1.807) is 66.3 Å². The van der Waals surface area contributed by atoms with Crippen LogP contribution >= 0.6 is 0 Å². The number of benzene rings is 2. The van der Waals surface area contributed by atoms with Crippen LogP contribution in [0.1, 0.15) is 39.3 Å². The Kier molecular flexibility index (Phi) is 10.0. The molecule has 12 nitrogen and oxygen atoms in total. The first-order chi connectivity index (χ1) is 19.1. The highest BCUT2D eigenvalue weighted by molar-refractivity contribution is 6.07. The van der Waals surface area contributed by atoms with Crippen LogP contribution < -0.4 is 21.7 Å². The van der Waals surface area contributed by atoms with Crippen molar-refractivity contribution in [2.45, 2.75) is 25.3 Å². The van der Waals surface area contributed by atoms with Crippen LogP contribution in [0.15, 0.2) is 60.8 Å². The molecule has 3 aromatic rings. The fourth-order valence-electron chi connectivity index (χ4n) is 3.88. The maximum Gasteiger partial charge on any atom is 0.328 e. The summed E-state index contributed by atoms with van der Waals surface area (Å²) in [7, 11) is 4.09. The van der Waals surface area contributed by atoms with Crippen molar-refractivity contribution in [2.75, 3.05) is 30.6 Å². The SMILES string of the molecule is COC(=O)CCC(NC(=O)Cc1cccc(NC(=O)c2cc(NC(=O)c3cccc(N)c3)cn2C)c1)C(=O)OC. The van der Waals surface area contributed by atoms with Crippen LogP contribution in [0, 0.1) is 0 Å². The molecule has 3 amide bonds. The predicted molar refractivity (Wildman–Crippen MR) is 148 cm³/mol. The van der Waals surface area contributed by atoms with Gasteiger partial charge >= 0.3 is 11.9 Å². The van der Waals surface area contributed by atoms with Gasteiger partial charge in [0.25, 0.3) is 11.8 Å². The van der Waals surface area contributed by atoms with E-state index in [-0.39, 0.29) is 30.9 Å². The highest BCUT2D eigenvalue weighted by Crippen LogP contribution is 2.18. The molecule has 0 spiro atoms. The van der Waals surface area contributed by atoms with Gasteiger partial charge in [-0.2, -0.15) is 0 Å². The van der Waals surface area contributed by atoms with Gasteiger partial charge < -0.3 is 35.7 Å². The van der Waals surface area contributed by atoms with Crippen LogP contribution in [0.4, 0.5) is 17.1 Å². The molecule has 1 aromatic heterocycles. The van der Waals surface area contributed by atoms with Crippen LogP contribution in [-0.2, 0) is 37.3 Å². The Labute approximate surface area is 230 Å². The number of amides is 3. The molecule has 0 aliphatic carbocycles. The van der Waals surface area contributed by atoms with Crippen LogP contribution in [0.2, 0.25) is 0 Å². The summed E-state index contributed by atoms with van der Waals surface area (Å²) in [5.74, 6) is -2.45. The molecule has 1 unspecified atom stereocenters. The number of hydrogen-bond donors (Lipinski definition) is 4. The number of aryl methyl sites for hydroxylation is 1. The lowest BCUT2D eigenvalue weighted by molar-refractivity contribution is -0.146. The lowest BCUT2D eigenvalue weighted by Crippen LogP contribution is -2.42. The molecule has 5 N–H and O–H groups in total. The van der Waals surface area contributed by atoms with Gasteiger partial charge in [0.2, 0.25) is 5.91 Å². The average Bonchev–Trinajstić information content (AvgIpc) is 3.30. The molecule has 0 bridgehead atoms. The van der Waals surface area contributed by atoms with E-state index in [2.05, 4.69) is 20.7 Å². The molecule has 0 saturated heterocycles. The number of carbonyl (C=O) groups excluding carboxylic acids is 5. The molecule has 12 heteroatoms. The van der Waals surface area contributed by atoms with Crippen LogP contribution in [0.25, 0.3) is 0 Å². The summed E-state index contributed by atoms with van der Waals surface area (Å²) >= 11 is 0. The summed E-state index contributed by atoms with van der Waals surface area (Å²) in [5, 5.41) is 8.09. The first kappa shape index (κ1) is 29.4. The molecule has 1 atom stereocenters. The van der Waals surface area contributed by atoms with E-state index in [9.17, 15) is 24.0 Å². The molecule has 0 aliphatic rings. The largest absolute Gasteiger partial charge is 0.469 e. The number of aromatic nitrogens is 1. The average molecular weight is 550 g/mol. The third-order valence-electron chi connectivity index (χ3n) is 5.88. The Morgan fingerprint density at radius 1 is 0.900 bits per heavy atom. The Balaban J connectivity index is 1.62. The number of carbonyl (C=O) groups is 5. The maximum atomic E-state index is 13.0. The second-order valence-electron chi connectivity index (χ2n) is 8.89. The molecule has 0 aliphatic heterocycles. The fraction of sp³-hybridized carbons (Fsp3) is 0.250. The minimum atomic E-state index is -1.01. The number of nitrogens with one attached hydrogen (secondary N) is 3. The lowest BCUT2D eigenvalue weighted by atomic mass is 10.1. The van der Waals surface area contributed by atoms with Crippen molar-refractivity contribution in [3.63, 3.8) is 0 Å². The van der Waals surface area contributed by atoms with Gasteiger partial charge in [-0.25, -0.2) is 4.79 Å². The topological polar surface area (TPSA) is 171 Å². The summed E-state index contributed by atoms with van der Waals surface area (Å²) in [6.07, 6.45) is 1.49. The van der Waals surface area contributed by atoms with Gasteiger partial charge in [0, 0.05) is 36.6 Å². The molecule has 2 aromatic carbocycles. The van der Waals surface area contributed by atoms with Gasteiger partial charge in [0.1, 0.15) is 11.7 Å². The minimum Gasteiger partial charge on any atom is -0.469 e. The van der Waals surface area contributed by atoms with Gasteiger partial charge in [0.05, 0.1) is 26.3 Å². The van der Waals surface area contributed by atoms with Gasteiger partial charge in [0.15, 0.2) is 0 Å². The maximum absolute atomic E-state index is 13.0. The number of nitrogens with zero attached hydrogens (tertiary/aromatic N) is 1. The number of ether oxygens (including phenoxy) is 2. The van der Waals surface area contributed by atoms with Gasteiger partial charge in [-0.15, -0.1) is 0 Å². The number of nitrogen functional groups attached to an aromatic ring is 1. The van der Waals surface area contributed by atoms with Crippen molar-refractivity contribution >= 4 is 46.7 Å². The summed E-state index contributed by atoms with van der Waals surface area (Å²) in [4.78, 5) is 61.5. The second-order valence-corrected chi connectivity index (χ2v) is 8.89. The van der Waals surface area contributed by atoms with Gasteiger partial charge in [-0.1, -0.05) is 18.2 Å². The van der Waals surface area contributed by atoms with Crippen molar-refractivity contribution in [1.29, 1.82) is 0 Å². The summed E-state index contributed by atoms with van der Waals surface area (Å²) in [5.41, 5.74) is 8.32. The zero-order valence-electron chi connectivity index (χ0n) is 22.4. The lowest BCUT2D eigenvalue weighted by Gasteiger charge is -2.16. The number of anilines is 3. The Morgan fingerprint density at radius 3 is 2.33 bits per heavy atom. The standard InChI is InChI=1S/C28H31N5O7/c1-33-16-21(31-26(36)18-7-5-8-19(29)14-18)15-23(33)27(37)30-20-9-4-6-17(12-20)13-24(34)32-22(28(38)40-3)10-11-25(35)39-2/h4-9,12,14-16,22H,10-11,13,29H2,1-3H3,(H,30,37)(H,31,36)(H,32,34). The van der Waals surface area contributed by atoms with Crippen LogP contribution in [-0.4, -0.2) is 54.5 Å². The molecule has 40 heavy (non-hydrogen) atoms. The van der Waals surface area contributed by atoms with Crippen LogP contribution in [0.5, 0.6) is 0 Å². The number of esters is 2.